The highest BCUT2D eigenvalue weighted by molar-refractivity contribution is 7.88. The molecule has 2 rings (SSSR count). The van der Waals surface area contributed by atoms with E-state index < -0.39 is 22.0 Å². The maximum Gasteiger partial charge on any atom is 0.242 e. The van der Waals surface area contributed by atoms with Crippen molar-refractivity contribution in [3.8, 4) is 0 Å². The maximum atomic E-state index is 12.1. The van der Waals surface area contributed by atoms with Gasteiger partial charge in [0.05, 0.1) is 11.8 Å². The molecule has 0 aromatic heterocycles. The van der Waals surface area contributed by atoms with Crippen molar-refractivity contribution < 1.29 is 13.2 Å². The first-order valence-electron chi connectivity index (χ1n) is 6.86. The largest absolute Gasteiger partial charge is 0.325 e. The van der Waals surface area contributed by atoms with Crippen LogP contribution in [0.4, 0.5) is 5.69 Å². The fourth-order valence-corrected chi connectivity index (χ4v) is 3.29. The van der Waals surface area contributed by atoms with E-state index in [-0.39, 0.29) is 5.75 Å². The van der Waals surface area contributed by atoms with E-state index in [0.29, 0.717) is 11.3 Å². The number of carbonyl (C=O) groups is 1. The standard InChI is InChI=1S/C16H18N2O3S/c1-13(16(19)17-15-10-6-3-7-11-15)18-22(20,21)12-14-8-4-2-5-9-14/h2-11,13,18H,12H2,1H3,(H,17,19)/t13-/m0/s1. The van der Waals surface area contributed by atoms with E-state index in [0.717, 1.165) is 0 Å². The first kappa shape index (κ1) is 16.2. The van der Waals surface area contributed by atoms with Crippen molar-refractivity contribution in [3.63, 3.8) is 0 Å². The lowest BCUT2D eigenvalue weighted by Crippen LogP contribution is -2.42. The van der Waals surface area contributed by atoms with E-state index in [1.54, 1.807) is 48.5 Å². The number of rotatable bonds is 6. The highest BCUT2D eigenvalue weighted by Gasteiger charge is 2.20. The summed E-state index contributed by atoms with van der Waals surface area (Å²) in [4.78, 5) is 12.0. The molecule has 0 radical (unpaired) electrons. The molecule has 0 fully saturated rings. The Morgan fingerprint density at radius 1 is 1.00 bits per heavy atom. The van der Waals surface area contributed by atoms with Crippen molar-refractivity contribution in [1.82, 2.24) is 4.72 Å². The van der Waals surface area contributed by atoms with E-state index in [2.05, 4.69) is 10.0 Å². The summed E-state index contributed by atoms with van der Waals surface area (Å²) >= 11 is 0. The average molecular weight is 318 g/mol. The van der Waals surface area contributed by atoms with Gasteiger partial charge in [-0.2, -0.15) is 0 Å². The van der Waals surface area contributed by atoms with Gasteiger partial charge in [-0.3, -0.25) is 4.79 Å². The molecule has 0 aliphatic rings. The quantitative estimate of drug-likeness (QED) is 0.857. The Bertz CT molecular complexity index is 716. The van der Waals surface area contributed by atoms with E-state index >= 15 is 0 Å². The van der Waals surface area contributed by atoms with Crippen LogP contribution < -0.4 is 10.0 Å². The van der Waals surface area contributed by atoms with Crippen LogP contribution in [0.15, 0.2) is 60.7 Å². The number of sulfonamides is 1. The van der Waals surface area contributed by atoms with Crippen LogP contribution in [0.5, 0.6) is 0 Å². The number of amides is 1. The van der Waals surface area contributed by atoms with Crippen molar-refractivity contribution in [2.24, 2.45) is 0 Å². The van der Waals surface area contributed by atoms with E-state index in [9.17, 15) is 13.2 Å². The zero-order valence-electron chi connectivity index (χ0n) is 12.2. The zero-order chi connectivity index (χ0) is 16.0. The minimum Gasteiger partial charge on any atom is -0.325 e. The summed E-state index contributed by atoms with van der Waals surface area (Å²) in [6, 6.07) is 16.9. The van der Waals surface area contributed by atoms with Crippen LogP contribution in [0.1, 0.15) is 12.5 Å². The Hall–Kier alpha value is -2.18. The van der Waals surface area contributed by atoms with Crippen LogP contribution in [-0.2, 0) is 20.6 Å². The van der Waals surface area contributed by atoms with Gasteiger partial charge in [-0.05, 0) is 24.6 Å². The van der Waals surface area contributed by atoms with Crippen LogP contribution in [0.2, 0.25) is 0 Å². The molecule has 6 heteroatoms. The van der Waals surface area contributed by atoms with E-state index in [4.69, 9.17) is 0 Å². The van der Waals surface area contributed by atoms with Gasteiger partial charge in [-0.1, -0.05) is 48.5 Å². The molecule has 1 amide bonds. The molecule has 0 spiro atoms. The third-order valence-electron chi connectivity index (χ3n) is 2.99. The summed E-state index contributed by atoms with van der Waals surface area (Å²) in [7, 11) is -3.58. The average Bonchev–Trinajstić information content (AvgIpc) is 2.48. The van der Waals surface area contributed by atoms with Crippen molar-refractivity contribution >= 4 is 21.6 Å². The molecule has 0 aliphatic carbocycles. The number of hydrogen-bond acceptors (Lipinski definition) is 3. The smallest absolute Gasteiger partial charge is 0.242 e. The molecule has 1 atom stereocenters. The normalized spacial score (nSPS) is 12.6. The van der Waals surface area contributed by atoms with Gasteiger partial charge in [0.15, 0.2) is 0 Å². The van der Waals surface area contributed by atoms with Crippen LogP contribution in [0.3, 0.4) is 0 Å². The number of carbonyl (C=O) groups excluding carboxylic acids is 1. The number of benzene rings is 2. The highest BCUT2D eigenvalue weighted by Crippen LogP contribution is 2.07. The predicted molar refractivity (Wildman–Crippen MR) is 86.7 cm³/mol. The number of nitrogens with one attached hydrogen (secondary N) is 2. The minimum absolute atomic E-state index is 0.156. The second kappa shape index (κ2) is 7.20. The van der Waals surface area contributed by atoms with Crippen LogP contribution in [0.25, 0.3) is 0 Å². The van der Waals surface area contributed by atoms with E-state index in [1.807, 2.05) is 12.1 Å². The number of para-hydroxylation sites is 1. The summed E-state index contributed by atoms with van der Waals surface area (Å²) in [5.41, 5.74) is 1.30. The second-order valence-electron chi connectivity index (χ2n) is 4.94. The van der Waals surface area contributed by atoms with Crippen LogP contribution in [-0.4, -0.2) is 20.4 Å². The molecule has 2 aromatic rings. The molecule has 0 aliphatic heterocycles. The van der Waals surface area contributed by atoms with Gasteiger partial charge in [0.2, 0.25) is 15.9 Å². The lowest BCUT2D eigenvalue weighted by molar-refractivity contribution is -0.117. The Morgan fingerprint density at radius 2 is 1.55 bits per heavy atom. The summed E-state index contributed by atoms with van der Waals surface area (Å²) in [5, 5.41) is 2.66. The topological polar surface area (TPSA) is 75.3 Å². The van der Waals surface area contributed by atoms with Gasteiger partial charge in [-0.25, -0.2) is 13.1 Å². The Labute approximate surface area is 130 Å². The number of anilines is 1. The summed E-state index contributed by atoms with van der Waals surface area (Å²) in [6.07, 6.45) is 0. The number of hydrogen-bond donors (Lipinski definition) is 2. The molecule has 0 bridgehead atoms. The fraction of sp³-hybridized carbons (Fsp3) is 0.188. The summed E-state index contributed by atoms with van der Waals surface area (Å²) in [5.74, 6) is -0.556. The van der Waals surface area contributed by atoms with Gasteiger partial charge in [0.1, 0.15) is 0 Å². The molecule has 2 aromatic carbocycles. The monoisotopic (exact) mass is 318 g/mol. The first-order chi connectivity index (χ1) is 10.5. The highest BCUT2D eigenvalue weighted by atomic mass is 32.2. The molecular weight excluding hydrogens is 300 g/mol. The predicted octanol–water partition coefficient (Wildman–Crippen LogP) is 2.13. The molecule has 2 N–H and O–H groups in total. The molecule has 0 unspecified atom stereocenters. The first-order valence-corrected chi connectivity index (χ1v) is 8.51. The lowest BCUT2D eigenvalue weighted by Gasteiger charge is -2.14. The third-order valence-corrected chi connectivity index (χ3v) is 4.42. The zero-order valence-corrected chi connectivity index (χ0v) is 13.0. The van der Waals surface area contributed by atoms with Gasteiger partial charge in [0.25, 0.3) is 0 Å². The van der Waals surface area contributed by atoms with Crippen molar-refractivity contribution in [1.29, 1.82) is 0 Å². The van der Waals surface area contributed by atoms with Crippen LogP contribution >= 0.6 is 0 Å². The molecule has 5 nitrogen and oxygen atoms in total. The maximum absolute atomic E-state index is 12.1. The van der Waals surface area contributed by atoms with Gasteiger partial charge >= 0.3 is 0 Å². The Morgan fingerprint density at radius 3 is 2.14 bits per heavy atom. The molecule has 22 heavy (non-hydrogen) atoms. The molecule has 0 saturated carbocycles. The molecule has 0 saturated heterocycles. The molecule has 0 heterocycles. The van der Waals surface area contributed by atoms with Gasteiger partial charge < -0.3 is 5.32 Å². The second-order valence-corrected chi connectivity index (χ2v) is 6.69. The Balaban J connectivity index is 1.95. The van der Waals surface area contributed by atoms with Gasteiger partial charge in [-0.15, -0.1) is 0 Å². The summed E-state index contributed by atoms with van der Waals surface area (Å²) < 4.78 is 26.5. The SMILES string of the molecule is C[C@H](NS(=O)(=O)Cc1ccccc1)C(=O)Nc1ccccc1. The lowest BCUT2D eigenvalue weighted by atomic mass is 10.2. The van der Waals surface area contributed by atoms with E-state index in [1.165, 1.54) is 6.92 Å². The van der Waals surface area contributed by atoms with Crippen molar-refractivity contribution in [2.45, 2.75) is 18.7 Å². The minimum atomic E-state index is -3.58. The van der Waals surface area contributed by atoms with Crippen molar-refractivity contribution in [3.05, 3.63) is 66.2 Å². The van der Waals surface area contributed by atoms with Crippen molar-refractivity contribution in [2.75, 3.05) is 5.32 Å². The summed E-state index contributed by atoms with van der Waals surface area (Å²) in [6.45, 7) is 1.51. The van der Waals surface area contributed by atoms with Crippen LogP contribution in [0, 0.1) is 0 Å². The Kier molecular flexibility index (Phi) is 5.30. The van der Waals surface area contributed by atoms with Gasteiger partial charge in [0, 0.05) is 5.69 Å². The molecular formula is C16H18N2O3S. The fourth-order valence-electron chi connectivity index (χ4n) is 1.93. The third kappa shape index (κ3) is 4.98. The molecule has 116 valence electrons.